The van der Waals surface area contributed by atoms with Crippen molar-refractivity contribution < 1.29 is 0 Å². The Morgan fingerprint density at radius 2 is 0.929 bits per heavy atom. The molecule has 0 spiro atoms. The van der Waals surface area contributed by atoms with E-state index in [1.165, 1.54) is 64.2 Å². The Balaban J connectivity index is 1.70. The van der Waals surface area contributed by atoms with Crippen molar-refractivity contribution in [1.29, 1.82) is 0 Å². The molecule has 4 heteroatoms. The van der Waals surface area contributed by atoms with Gasteiger partial charge in [0, 0.05) is 0 Å². The number of hydrogen-bond acceptors (Lipinski definition) is 2. The van der Waals surface area contributed by atoms with Gasteiger partial charge in [-0.2, -0.15) is 0 Å². The fourth-order valence-electron chi connectivity index (χ4n) is 6.09. The van der Waals surface area contributed by atoms with Crippen molar-refractivity contribution in [3.05, 3.63) is 0 Å². The van der Waals surface area contributed by atoms with Gasteiger partial charge in [-0.3, -0.25) is 0 Å². The molecule has 2 fully saturated rings. The van der Waals surface area contributed by atoms with Gasteiger partial charge in [-0.1, -0.05) is 0 Å². The number of hydrogen-bond donors (Lipinski definition) is 0. The summed E-state index contributed by atoms with van der Waals surface area (Å²) in [4.78, 5) is 0. The van der Waals surface area contributed by atoms with Crippen molar-refractivity contribution in [1.82, 2.24) is 7.63 Å². The van der Waals surface area contributed by atoms with E-state index in [-0.39, 0.29) is 0 Å². The van der Waals surface area contributed by atoms with Crippen molar-refractivity contribution in [2.75, 3.05) is 0 Å². The van der Waals surface area contributed by atoms with Crippen LogP contribution in [-0.4, -0.2) is 63.9 Å². The van der Waals surface area contributed by atoms with Gasteiger partial charge >= 0.3 is 195 Å². The van der Waals surface area contributed by atoms with Crippen molar-refractivity contribution >= 4 is 34.2 Å². The van der Waals surface area contributed by atoms with Gasteiger partial charge < -0.3 is 0 Å². The van der Waals surface area contributed by atoms with Gasteiger partial charge in [0.05, 0.1) is 0 Å². The summed E-state index contributed by atoms with van der Waals surface area (Å²) in [5.41, 5.74) is 1.51. The van der Waals surface area contributed by atoms with Crippen LogP contribution in [0.3, 0.4) is 0 Å². The van der Waals surface area contributed by atoms with E-state index >= 15 is 0 Å². The van der Waals surface area contributed by atoms with Gasteiger partial charge in [0.1, 0.15) is 0 Å². The van der Waals surface area contributed by atoms with E-state index in [4.69, 9.17) is 0 Å². The summed E-state index contributed by atoms with van der Waals surface area (Å²) in [6.45, 7) is 19.7. The molecule has 2 saturated heterocycles. The molecule has 0 bridgehead atoms. The normalized spacial score (nSPS) is 32.4. The molecule has 166 valence electrons. The summed E-state index contributed by atoms with van der Waals surface area (Å²) in [6.07, 6.45) is 14.1. The van der Waals surface area contributed by atoms with Crippen LogP contribution in [0.5, 0.6) is 0 Å². The molecule has 0 saturated carbocycles. The Morgan fingerprint density at radius 3 is 1.25 bits per heavy atom. The molecular formula is C24H50As2N2. The van der Waals surface area contributed by atoms with Crippen LogP contribution in [-0.2, 0) is 0 Å². The standard InChI is InChI=1S/C24H50As2N2/c1-21(2)17-15-19(23(5,6)27(21)25)13-11-9-10-12-14-20-16-18-22(3,4)28(26)24(20,7)8/h19-20H,9-18,25-26H2,1-8H3. The molecule has 4 unspecified atom stereocenters. The topological polar surface area (TPSA) is 6.48 Å². The van der Waals surface area contributed by atoms with E-state index in [0.29, 0.717) is 22.2 Å². The number of nitrogens with zero attached hydrogens (tertiary/aromatic N) is 2. The first kappa shape index (κ1) is 25.3. The van der Waals surface area contributed by atoms with Gasteiger partial charge in [0.25, 0.3) is 0 Å². The first-order valence-electron chi connectivity index (χ1n) is 11.8. The molecule has 2 rings (SSSR count). The second-order valence-electron chi connectivity index (χ2n) is 12.1. The van der Waals surface area contributed by atoms with Gasteiger partial charge in [0.2, 0.25) is 0 Å². The number of unbranched alkanes of at least 4 members (excludes halogenated alkanes) is 3. The average molecular weight is 517 g/mol. The Morgan fingerprint density at radius 1 is 0.607 bits per heavy atom. The van der Waals surface area contributed by atoms with Crippen LogP contribution in [0.4, 0.5) is 0 Å². The quantitative estimate of drug-likeness (QED) is 0.349. The van der Waals surface area contributed by atoms with Gasteiger partial charge in [-0.25, -0.2) is 0 Å². The van der Waals surface area contributed by atoms with Crippen LogP contribution in [0.2, 0.25) is 0 Å². The van der Waals surface area contributed by atoms with Crippen LogP contribution in [0.25, 0.3) is 0 Å². The molecule has 28 heavy (non-hydrogen) atoms. The maximum absolute atomic E-state index is 2.71. The maximum atomic E-state index is 2.71. The minimum atomic E-state index is 0.368. The van der Waals surface area contributed by atoms with Crippen LogP contribution >= 0.6 is 0 Å². The second-order valence-corrected chi connectivity index (χ2v) is 14.3. The fourth-order valence-corrected chi connectivity index (χ4v) is 7.51. The first-order chi connectivity index (χ1) is 12.7. The molecular weight excluding hydrogens is 466 g/mol. The van der Waals surface area contributed by atoms with Gasteiger partial charge in [-0.15, -0.1) is 0 Å². The molecule has 0 aromatic carbocycles. The Hall–Kier alpha value is 1.04. The zero-order valence-electron chi connectivity index (χ0n) is 20.3. The third-order valence-electron chi connectivity index (χ3n) is 8.61. The molecule has 0 radical (unpaired) electrons. The molecule has 4 atom stereocenters. The van der Waals surface area contributed by atoms with E-state index in [1.54, 1.807) is 0 Å². The van der Waals surface area contributed by atoms with E-state index in [1.807, 2.05) is 34.2 Å². The van der Waals surface area contributed by atoms with Crippen LogP contribution in [0.15, 0.2) is 0 Å². The molecule has 2 aliphatic heterocycles. The summed E-state index contributed by atoms with van der Waals surface area (Å²) in [7, 11) is 0. The summed E-state index contributed by atoms with van der Waals surface area (Å²) in [5.74, 6) is 1.76. The van der Waals surface area contributed by atoms with E-state index in [0.717, 1.165) is 11.8 Å². The second kappa shape index (κ2) is 9.26. The van der Waals surface area contributed by atoms with Crippen molar-refractivity contribution in [2.45, 2.75) is 142 Å². The Kier molecular flexibility index (Phi) is 8.37. The molecule has 2 nitrogen and oxygen atoms in total. The Labute approximate surface area is 194 Å². The average Bonchev–Trinajstić information content (AvgIpc) is 2.58. The molecule has 0 aromatic rings. The molecule has 0 aliphatic carbocycles. The summed E-state index contributed by atoms with van der Waals surface area (Å²) in [5, 5.41) is 0. The van der Waals surface area contributed by atoms with Gasteiger partial charge in [-0.05, 0) is 0 Å². The molecule has 0 aromatic heterocycles. The molecule has 0 amide bonds. The zero-order valence-corrected chi connectivity index (χ0v) is 25.1. The van der Waals surface area contributed by atoms with Crippen molar-refractivity contribution in [2.24, 2.45) is 11.8 Å². The van der Waals surface area contributed by atoms with Crippen LogP contribution in [0, 0.1) is 11.8 Å². The zero-order chi connectivity index (χ0) is 21.4. The predicted molar refractivity (Wildman–Crippen MR) is 130 cm³/mol. The molecule has 0 N–H and O–H groups in total. The summed E-state index contributed by atoms with van der Waals surface area (Å²) in [6, 6.07) is 0. The van der Waals surface area contributed by atoms with E-state index in [9.17, 15) is 0 Å². The van der Waals surface area contributed by atoms with E-state index < -0.39 is 0 Å². The molecule has 2 heterocycles. The monoisotopic (exact) mass is 516 g/mol. The Bertz CT molecular complexity index is 467. The van der Waals surface area contributed by atoms with Crippen molar-refractivity contribution in [3.8, 4) is 0 Å². The van der Waals surface area contributed by atoms with Gasteiger partial charge in [0.15, 0.2) is 0 Å². The number of rotatable bonds is 7. The van der Waals surface area contributed by atoms with Crippen LogP contribution < -0.4 is 0 Å². The summed E-state index contributed by atoms with van der Waals surface area (Å²) < 4.78 is 5.43. The van der Waals surface area contributed by atoms with Crippen molar-refractivity contribution in [3.63, 3.8) is 0 Å². The van der Waals surface area contributed by atoms with Crippen LogP contribution in [0.1, 0.15) is 120 Å². The fraction of sp³-hybridized carbons (Fsp3) is 1.00. The number of piperidine rings is 2. The minimum absolute atomic E-state index is 0.368. The SMILES string of the molecule is CC1(C)CCC(CCCCCCC2CCC(C)(C)N([AsH2])C2(C)C)C(C)(C)N1[AsH2]. The third-order valence-corrected chi connectivity index (χ3v) is 14.3. The van der Waals surface area contributed by atoms with E-state index in [2.05, 4.69) is 63.0 Å². The molecule has 2 aliphatic rings. The third kappa shape index (κ3) is 5.44. The summed E-state index contributed by atoms with van der Waals surface area (Å²) >= 11 is 3.65. The first-order valence-corrected chi connectivity index (χ1v) is 14.0. The predicted octanol–water partition coefficient (Wildman–Crippen LogP) is 4.96.